The molecule has 0 aromatic rings. The first-order valence-corrected chi connectivity index (χ1v) is 4.05. The van der Waals surface area contributed by atoms with Gasteiger partial charge in [0.1, 0.15) is 0 Å². The Labute approximate surface area is 68.2 Å². The highest BCUT2D eigenvalue weighted by atomic mass is 16.5. The summed E-state index contributed by atoms with van der Waals surface area (Å²) in [5.41, 5.74) is 0. The van der Waals surface area contributed by atoms with Crippen LogP contribution < -0.4 is 0 Å². The number of hydrogen-bond acceptors (Lipinski definition) is 2. The summed E-state index contributed by atoms with van der Waals surface area (Å²) < 4.78 is 4.76. The third-order valence-electron chi connectivity index (χ3n) is 1.73. The molecule has 0 aromatic carbocycles. The van der Waals surface area contributed by atoms with Gasteiger partial charge in [-0.3, -0.25) is 4.79 Å². The van der Waals surface area contributed by atoms with Gasteiger partial charge in [0.2, 0.25) is 0 Å². The van der Waals surface area contributed by atoms with Crippen LogP contribution >= 0.6 is 0 Å². The Bertz CT molecular complexity index is 140. The van der Waals surface area contributed by atoms with Crippen LogP contribution in [0.15, 0.2) is 12.7 Å². The van der Waals surface area contributed by atoms with Crippen molar-refractivity contribution in [2.45, 2.75) is 20.8 Å². The van der Waals surface area contributed by atoms with E-state index in [0.29, 0.717) is 6.61 Å². The topological polar surface area (TPSA) is 26.3 Å². The van der Waals surface area contributed by atoms with Crippen LogP contribution in [0.4, 0.5) is 0 Å². The number of rotatable bonds is 1. The van der Waals surface area contributed by atoms with Crippen molar-refractivity contribution in [2.75, 3.05) is 6.61 Å². The molecule has 1 saturated heterocycles. The standard InChI is InChI=1S/C7H10O2.C2H6/c1-3-6-4-9-7(8)5(6)2;1-2/h3,5-6H,1,4H2,2H3;1-2H3/t5?,6-;/m0./s1. The molecule has 0 amide bonds. The summed E-state index contributed by atoms with van der Waals surface area (Å²) in [6.07, 6.45) is 1.77. The fraction of sp³-hybridized carbons (Fsp3) is 0.667. The molecule has 0 radical (unpaired) electrons. The smallest absolute Gasteiger partial charge is 0.309 e. The maximum absolute atomic E-state index is 10.7. The first-order chi connectivity index (χ1) is 5.25. The van der Waals surface area contributed by atoms with Crippen molar-refractivity contribution in [3.8, 4) is 0 Å². The molecule has 1 rings (SSSR count). The van der Waals surface area contributed by atoms with Crippen molar-refractivity contribution in [1.82, 2.24) is 0 Å². The average molecular weight is 156 g/mol. The molecule has 64 valence electrons. The minimum Gasteiger partial charge on any atom is -0.465 e. The van der Waals surface area contributed by atoms with Crippen molar-refractivity contribution >= 4 is 5.97 Å². The number of esters is 1. The van der Waals surface area contributed by atoms with Gasteiger partial charge in [-0.25, -0.2) is 0 Å². The highest BCUT2D eigenvalue weighted by molar-refractivity contribution is 5.74. The normalized spacial score (nSPS) is 28.5. The quantitative estimate of drug-likeness (QED) is 0.429. The van der Waals surface area contributed by atoms with E-state index in [1.807, 2.05) is 20.8 Å². The first-order valence-electron chi connectivity index (χ1n) is 4.05. The SMILES string of the molecule is C=C[C@H]1COC(=O)C1C.CC. The summed E-state index contributed by atoms with van der Waals surface area (Å²) >= 11 is 0. The van der Waals surface area contributed by atoms with Gasteiger partial charge < -0.3 is 4.74 Å². The van der Waals surface area contributed by atoms with Gasteiger partial charge in [0.15, 0.2) is 0 Å². The Morgan fingerprint density at radius 2 is 2.18 bits per heavy atom. The predicted molar refractivity (Wildman–Crippen MR) is 45.2 cm³/mol. The Kier molecular flexibility index (Phi) is 4.59. The first kappa shape index (κ1) is 10.2. The molecule has 1 aliphatic rings. The molecule has 0 spiro atoms. The number of hydrogen-bond donors (Lipinski definition) is 0. The number of ether oxygens (including phenoxy) is 1. The van der Waals surface area contributed by atoms with Crippen LogP contribution in [-0.2, 0) is 9.53 Å². The van der Waals surface area contributed by atoms with Crippen molar-refractivity contribution in [1.29, 1.82) is 0 Å². The molecule has 1 heterocycles. The molecule has 11 heavy (non-hydrogen) atoms. The van der Waals surface area contributed by atoms with Crippen LogP contribution in [0.5, 0.6) is 0 Å². The van der Waals surface area contributed by atoms with E-state index in [-0.39, 0.29) is 17.8 Å². The molecule has 0 aromatic heterocycles. The van der Waals surface area contributed by atoms with Gasteiger partial charge in [-0.15, -0.1) is 6.58 Å². The Morgan fingerprint density at radius 3 is 2.36 bits per heavy atom. The van der Waals surface area contributed by atoms with E-state index in [9.17, 15) is 4.79 Å². The summed E-state index contributed by atoms with van der Waals surface area (Å²) in [6, 6.07) is 0. The third kappa shape index (κ3) is 2.37. The van der Waals surface area contributed by atoms with Crippen molar-refractivity contribution < 1.29 is 9.53 Å². The molecule has 0 aliphatic carbocycles. The summed E-state index contributed by atoms with van der Waals surface area (Å²) in [5, 5.41) is 0. The van der Waals surface area contributed by atoms with Crippen molar-refractivity contribution in [2.24, 2.45) is 11.8 Å². The summed E-state index contributed by atoms with van der Waals surface area (Å²) in [5.74, 6) is 0.153. The molecule has 1 unspecified atom stereocenters. The monoisotopic (exact) mass is 156 g/mol. The highest BCUT2D eigenvalue weighted by Gasteiger charge is 2.30. The molecule has 2 atom stereocenters. The van der Waals surface area contributed by atoms with Gasteiger partial charge in [-0.05, 0) is 0 Å². The van der Waals surface area contributed by atoms with E-state index in [1.54, 1.807) is 6.08 Å². The lowest BCUT2D eigenvalue weighted by Gasteiger charge is -2.00. The van der Waals surface area contributed by atoms with E-state index in [4.69, 9.17) is 4.74 Å². The van der Waals surface area contributed by atoms with Crippen LogP contribution in [-0.4, -0.2) is 12.6 Å². The molecule has 0 bridgehead atoms. The number of carbonyl (C=O) groups is 1. The van der Waals surface area contributed by atoms with Crippen LogP contribution in [0.25, 0.3) is 0 Å². The molecule has 2 nitrogen and oxygen atoms in total. The fourth-order valence-electron chi connectivity index (χ4n) is 0.901. The molecule has 1 aliphatic heterocycles. The lowest BCUT2D eigenvalue weighted by molar-refractivity contribution is -0.140. The van der Waals surface area contributed by atoms with Crippen molar-refractivity contribution in [3.05, 3.63) is 12.7 Å². The second-order valence-corrected chi connectivity index (χ2v) is 2.32. The van der Waals surface area contributed by atoms with E-state index >= 15 is 0 Å². The summed E-state index contributed by atoms with van der Waals surface area (Å²) in [7, 11) is 0. The summed E-state index contributed by atoms with van der Waals surface area (Å²) in [6.45, 7) is 9.98. The zero-order valence-electron chi connectivity index (χ0n) is 7.46. The lowest BCUT2D eigenvalue weighted by atomic mass is 9.98. The van der Waals surface area contributed by atoms with Gasteiger partial charge in [0, 0.05) is 5.92 Å². The molecule has 0 saturated carbocycles. The Hall–Kier alpha value is -0.790. The number of carbonyl (C=O) groups excluding carboxylic acids is 1. The molecular weight excluding hydrogens is 140 g/mol. The second kappa shape index (κ2) is 4.94. The van der Waals surface area contributed by atoms with E-state index in [2.05, 4.69) is 6.58 Å². The maximum atomic E-state index is 10.7. The van der Waals surface area contributed by atoms with Crippen LogP contribution in [0, 0.1) is 11.8 Å². The van der Waals surface area contributed by atoms with E-state index < -0.39 is 0 Å². The van der Waals surface area contributed by atoms with Gasteiger partial charge in [-0.2, -0.15) is 0 Å². The molecule has 0 N–H and O–H groups in total. The van der Waals surface area contributed by atoms with Gasteiger partial charge in [0.05, 0.1) is 12.5 Å². The second-order valence-electron chi connectivity index (χ2n) is 2.32. The van der Waals surface area contributed by atoms with E-state index in [1.165, 1.54) is 0 Å². The Balaban J connectivity index is 0.000000461. The minimum absolute atomic E-state index is 0.0162. The third-order valence-corrected chi connectivity index (χ3v) is 1.73. The largest absolute Gasteiger partial charge is 0.465 e. The number of cyclic esters (lactones) is 1. The zero-order chi connectivity index (χ0) is 8.85. The van der Waals surface area contributed by atoms with Crippen LogP contribution in [0.1, 0.15) is 20.8 Å². The Morgan fingerprint density at radius 1 is 1.64 bits per heavy atom. The van der Waals surface area contributed by atoms with Gasteiger partial charge in [-0.1, -0.05) is 26.8 Å². The maximum Gasteiger partial charge on any atom is 0.309 e. The van der Waals surface area contributed by atoms with Gasteiger partial charge >= 0.3 is 5.97 Å². The zero-order valence-corrected chi connectivity index (χ0v) is 7.46. The van der Waals surface area contributed by atoms with Crippen LogP contribution in [0.2, 0.25) is 0 Å². The average Bonchev–Trinajstić information content (AvgIpc) is 2.37. The fourth-order valence-corrected chi connectivity index (χ4v) is 0.901. The van der Waals surface area contributed by atoms with E-state index in [0.717, 1.165) is 0 Å². The van der Waals surface area contributed by atoms with Gasteiger partial charge in [0.25, 0.3) is 0 Å². The van der Waals surface area contributed by atoms with Crippen LogP contribution in [0.3, 0.4) is 0 Å². The highest BCUT2D eigenvalue weighted by Crippen LogP contribution is 2.21. The lowest BCUT2D eigenvalue weighted by Crippen LogP contribution is -2.08. The molecule has 1 fully saturated rings. The predicted octanol–water partition coefficient (Wildman–Crippen LogP) is 2.01. The van der Waals surface area contributed by atoms with Crippen molar-refractivity contribution in [3.63, 3.8) is 0 Å². The summed E-state index contributed by atoms with van der Waals surface area (Å²) in [4.78, 5) is 10.7. The molecule has 2 heteroatoms. The minimum atomic E-state index is -0.0973. The molecular formula is C9H16O2.